The number of anilines is 3. The molecule has 28 heavy (non-hydrogen) atoms. The van der Waals surface area contributed by atoms with Crippen LogP contribution in [0.25, 0.3) is 0 Å². The molecule has 8 heteroatoms. The van der Waals surface area contributed by atoms with Crippen molar-refractivity contribution in [2.45, 2.75) is 6.92 Å². The molecule has 0 atom stereocenters. The number of benzene rings is 2. The average molecular weight is 397 g/mol. The van der Waals surface area contributed by atoms with E-state index in [1.807, 2.05) is 13.0 Å². The summed E-state index contributed by atoms with van der Waals surface area (Å²) in [4.78, 5) is 32.1. The molecular weight excluding hydrogens is 380 g/mol. The van der Waals surface area contributed by atoms with Gasteiger partial charge in [-0.3, -0.25) is 4.79 Å². The van der Waals surface area contributed by atoms with Crippen molar-refractivity contribution in [3.8, 4) is 0 Å². The summed E-state index contributed by atoms with van der Waals surface area (Å²) in [6, 6.07) is 13.4. The van der Waals surface area contributed by atoms with Gasteiger partial charge in [-0.05, 0) is 48.9 Å². The first-order chi connectivity index (χ1) is 13.5. The molecule has 3 aromatic rings. The smallest absolute Gasteiger partial charge is 0.337 e. The van der Waals surface area contributed by atoms with Crippen LogP contribution < -0.4 is 10.6 Å². The van der Waals surface area contributed by atoms with Crippen molar-refractivity contribution < 1.29 is 14.3 Å². The van der Waals surface area contributed by atoms with Gasteiger partial charge in [-0.15, -0.1) is 0 Å². The Hall–Kier alpha value is -3.45. The highest BCUT2D eigenvalue weighted by molar-refractivity contribution is 6.30. The predicted molar refractivity (Wildman–Crippen MR) is 107 cm³/mol. The van der Waals surface area contributed by atoms with Crippen LogP contribution in [0.2, 0.25) is 5.02 Å². The second-order valence-electron chi connectivity index (χ2n) is 5.90. The molecule has 142 valence electrons. The number of rotatable bonds is 5. The average Bonchev–Trinajstić information content (AvgIpc) is 2.71. The number of halogens is 1. The van der Waals surface area contributed by atoms with Crippen LogP contribution in [0.1, 0.15) is 26.4 Å². The standard InChI is InChI=1S/C20H17ClN4O3/c1-12-3-6-14(21)9-16(12)25-18-10-17(22-11-23-18)19(26)24-15-7-4-13(5-8-15)20(27)28-2/h3-11H,1-2H3,(H,24,26)(H,22,23,25). The molecule has 0 aliphatic carbocycles. The first-order valence-electron chi connectivity index (χ1n) is 8.31. The Morgan fingerprint density at radius 1 is 1.04 bits per heavy atom. The zero-order chi connectivity index (χ0) is 20.1. The van der Waals surface area contributed by atoms with Crippen LogP contribution >= 0.6 is 11.6 Å². The molecule has 0 radical (unpaired) electrons. The van der Waals surface area contributed by atoms with Crippen molar-refractivity contribution in [3.63, 3.8) is 0 Å². The normalized spacial score (nSPS) is 10.2. The molecule has 1 heterocycles. The number of methoxy groups -OCH3 is 1. The Morgan fingerprint density at radius 3 is 2.50 bits per heavy atom. The van der Waals surface area contributed by atoms with Crippen LogP contribution in [0.3, 0.4) is 0 Å². The number of ether oxygens (including phenoxy) is 1. The third-order valence-corrected chi connectivity index (χ3v) is 4.16. The van der Waals surface area contributed by atoms with Crippen LogP contribution in [-0.4, -0.2) is 29.0 Å². The molecular formula is C20H17ClN4O3. The monoisotopic (exact) mass is 396 g/mol. The topological polar surface area (TPSA) is 93.2 Å². The largest absolute Gasteiger partial charge is 0.465 e. The first-order valence-corrected chi connectivity index (χ1v) is 8.69. The first kappa shape index (κ1) is 19.3. The van der Waals surface area contributed by atoms with Gasteiger partial charge in [0, 0.05) is 22.5 Å². The fourth-order valence-electron chi connectivity index (χ4n) is 2.42. The van der Waals surface area contributed by atoms with E-state index in [9.17, 15) is 9.59 Å². The van der Waals surface area contributed by atoms with Gasteiger partial charge >= 0.3 is 5.97 Å². The molecule has 0 aliphatic rings. The van der Waals surface area contributed by atoms with Gasteiger partial charge in [0.05, 0.1) is 12.7 Å². The van der Waals surface area contributed by atoms with Crippen LogP contribution in [0.4, 0.5) is 17.2 Å². The van der Waals surface area contributed by atoms with Crippen molar-refractivity contribution in [1.29, 1.82) is 0 Å². The van der Waals surface area contributed by atoms with E-state index in [2.05, 4.69) is 25.3 Å². The lowest BCUT2D eigenvalue weighted by molar-refractivity contribution is 0.0600. The fourth-order valence-corrected chi connectivity index (χ4v) is 2.59. The van der Waals surface area contributed by atoms with E-state index < -0.39 is 11.9 Å². The number of nitrogens with one attached hydrogen (secondary N) is 2. The minimum Gasteiger partial charge on any atom is -0.465 e. The molecule has 3 rings (SSSR count). The molecule has 0 bridgehead atoms. The van der Waals surface area contributed by atoms with Gasteiger partial charge in [-0.2, -0.15) is 0 Å². The van der Waals surface area contributed by atoms with Crippen LogP contribution in [-0.2, 0) is 4.74 Å². The van der Waals surface area contributed by atoms with Gasteiger partial charge in [0.25, 0.3) is 5.91 Å². The molecule has 0 saturated heterocycles. The summed E-state index contributed by atoms with van der Waals surface area (Å²) < 4.78 is 4.65. The fraction of sp³-hybridized carbons (Fsp3) is 0.100. The maximum atomic E-state index is 12.5. The number of carbonyl (C=O) groups excluding carboxylic acids is 2. The molecule has 0 unspecified atom stereocenters. The van der Waals surface area contributed by atoms with Gasteiger partial charge in [-0.25, -0.2) is 14.8 Å². The lowest BCUT2D eigenvalue weighted by Gasteiger charge is -2.10. The molecule has 2 N–H and O–H groups in total. The molecule has 1 amide bonds. The summed E-state index contributed by atoms with van der Waals surface area (Å²) in [5.41, 5.74) is 2.88. The van der Waals surface area contributed by atoms with E-state index in [1.165, 1.54) is 13.4 Å². The minimum atomic E-state index is -0.444. The Bertz CT molecular complexity index is 1020. The lowest BCUT2D eigenvalue weighted by atomic mass is 10.2. The number of hydrogen-bond donors (Lipinski definition) is 2. The number of aromatic nitrogens is 2. The lowest BCUT2D eigenvalue weighted by Crippen LogP contribution is -2.14. The van der Waals surface area contributed by atoms with E-state index in [-0.39, 0.29) is 5.69 Å². The van der Waals surface area contributed by atoms with Crippen LogP contribution in [0.15, 0.2) is 54.9 Å². The Labute approximate surface area is 166 Å². The highest BCUT2D eigenvalue weighted by atomic mass is 35.5. The summed E-state index contributed by atoms with van der Waals surface area (Å²) in [5.74, 6) is -0.383. The molecule has 0 saturated carbocycles. The zero-order valence-electron chi connectivity index (χ0n) is 15.2. The highest BCUT2D eigenvalue weighted by Crippen LogP contribution is 2.23. The van der Waals surface area contributed by atoms with Gasteiger partial charge in [0.2, 0.25) is 0 Å². The molecule has 0 spiro atoms. The molecule has 2 aromatic carbocycles. The van der Waals surface area contributed by atoms with Gasteiger partial charge in [0.15, 0.2) is 0 Å². The Balaban J connectivity index is 1.73. The number of hydrogen-bond acceptors (Lipinski definition) is 6. The van der Waals surface area contributed by atoms with Crippen LogP contribution in [0, 0.1) is 6.92 Å². The van der Waals surface area contributed by atoms with Crippen molar-refractivity contribution in [1.82, 2.24) is 9.97 Å². The zero-order valence-corrected chi connectivity index (χ0v) is 15.9. The van der Waals surface area contributed by atoms with E-state index in [0.717, 1.165) is 11.3 Å². The summed E-state index contributed by atoms with van der Waals surface area (Å²) in [5, 5.41) is 6.45. The number of aryl methyl sites for hydroxylation is 1. The summed E-state index contributed by atoms with van der Waals surface area (Å²) in [6.45, 7) is 1.94. The van der Waals surface area contributed by atoms with E-state index in [0.29, 0.717) is 22.1 Å². The van der Waals surface area contributed by atoms with E-state index in [1.54, 1.807) is 42.5 Å². The molecule has 1 aromatic heterocycles. The Kier molecular flexibility index (Phi) is 5.86. The summed E-state index contributed by atoms with van der Waals surface area (Å²) in [7, 11) is 1.31. The highest BCUT2D eigenvalue weighted by Gasteiger charge is 2.11. The second-order valence-corrected chi connectivity index (χ2v) is 6.33. The third-order valence-electron chi connectivity index (χ3n) is 3.93. The summed E-state index contributed by atoms with van der Waals surface area (Å²) in [6.07, 6.45) is 1.30. The number of esters is 1. The van der Waals surface area contributed by atoms with Gasteiger partial charge in [-0.1, -0.05) is 17.7 Å². The van der Waals surface area contributed by atoms with Crippen molar-refractivity contribution in [2.24, 2.45) is 0 Å². The third kappa shape index (κ3) is 4.63. The number of amides is 1. The number of nitrogens with zero attached hydrogens (tertiary/aromatic N) is 2. The van der Waals surface area contributed by atoms with E-state index >= 15 is 0 Å². The van der Waals surface area contributed by atoms with Crippen molar-refractivity contribution >= 4 is 40.7 Å². The van der Waals surface area contributed by atoms with Gasteiger partial charge in [0.1, 0.15) is 17.8 Å². The van der Waals surface area contributed by atoms with Crippen LogP contribution in [0.5, 0.6) is 0 Å². The number of carbonyl (C=O) groups is 2. The second kappa shape index (κ2) is 8.49. The van der Waals surface area contributed by atoms with E-state index in [4.69, 9.17) is 11.6 Å². The molecule has 0 fully saturated rings. The van der Waals surface area contributed by atoms with Gasteiger partial charge < -0.3 is 15.4 Å². The quantitative estimate of drug-likeness (QED) is 0.627. The molecule has 0 aliphatic heterocycles. The molecule has 7 nitrogen and oxygen atoms in total. The Morgan fingerprint density at radius 2 is 1.79 bits per heavy atom. The predicted octanol–water partition coefficient (Wildman–Crippen LogP) is 4.22. The minimum absolute atomic E-state index is 0.189. The van der Waals surface area contributed by atoms with Crippen molar-refractivity contribution in [3.05, 3.63) is 76.7 Å². The summed E-state index contributed by atoms with van der Waals surface area (Å²) >= 11 is 6.03. The SMILES string of the molecule is COC(=O)c1ccc(NC(=O)c2cc(Nc3cc(Cl)ccc3C)ncn2)cc1. The van der Waals surface area contributed by atoms with Crippen molar-refractivity contribution in [2.75, 3.05) is 17.7 Å². The maximum Gasteiger partial charge on any atom is 0.337 e. The maximum absolute atomic E-state index is 12.5.